The first kappa shape index (κ1) is 15.7. The molecule has 1 amide bonds. The molecule has 0 aliphatic carbocycles. The second-order valence-electron chi connectivity index (χ2n) is 5.16. The van der Waals surface area contributed by atoms with Gasteiger partial charge in [-0.25, -0.2) is 0 Å². The Bertz CT molecular complexity index is 288. The van der Waals surface area contributed by atoms with Crippen LogP contribution in [-0.2, 0) is 9.53 Å². The van der Waals surface area contributed by atoms with Gasteiger partial charge in [0.1, 0.15) is 0 Å². The molecule has 4 nitrogen and oxygen atoms in total. The molecule has 106 valence electrons. The Labute approximate surface area is 116 Å². The average molecular weight is 277 g/mol. The highest BCUT2D eigenvalue weighted by molar-refractivity contribution is 5.85. The minimum Gasteiger partial charge on any atom is -0.383 e. The lowest BCUT2D eigenvalue weighted by Gasteiger charge is -2.47. The number of methoxy groups -OCH3 is 1. The molecule has 2 saturated heterocycles. The third-order valence-electron chi connectivity index (χ3n) is 4.36. The van der Waals surface area contributed by atoms with E-state index in [1.165, 1.54) is 6.42 Å². The van der Waals surface area contributed by atoms with Crippen molar-refractivity contribution >= 4 is 18.3 Å². The lowest BCUT2D eigenvalue weighted by Crippen LogP contribution is -2.62. The van der Waals surface area contributed by atoms with Crippen molar-refractivity contribution in [3.05, 3.63) is 0 Å². The lowest BCUT2D eigenvalue weighted by molar-refractivity contribution is -0.133. The summed E-state index contributed by atoms with van der Waals surface area (Å²) in [5.74, 6) is 0.309. The molecule has 2 fully saturated rings. The predicted octanol–water partition coefficient (Wildman–Crippen LogP) is 1.58. The SMILES string of the molecule is CC[C@H]1NCCC[C@]12CCC(=O)N2CCOC.Cl. The van der Waals surface area contributed by atoms with Gasteiger partial charge in [-0.2, -0.15) is 0 Å². The molecule has 0 saturated carbocycles. The number of likely N-dealkylation sites (tertiary alicyclic amines) is 1. The molecule has 1 spiro atoms. The average Bonchev–Trinajstić information content (AvgIpc) is 2.66. The lowest BCUT2D eigenvalue weighted by atomic mass is 9.79. The zero-order chi connectivity index (χ0) is 12.3. The zero-order valence-corrected chi connectivity index (χ0v) is 12.2. The van der Waals surface area contributed by atoms with Crippen LogP contribution in [0.5, 0.6) is 0 Å². The fourth-order valence-corrected chi connectivity index (χ4v) is 3.55. The number of amides is 1. The molecule has 18 heavy (non-hydrogen) atoms. The Balaban J connectivity index is 0.00000162. The Morgan fingerprint density at radius 3 is 2.94 bits per heavy atom. The first-order valence-corrected chi connectivity index (χ1v) is 6.77. The molecule has 2 rings (SSSR count). The molecule has 0 bridgehead atoms. The summed E-state index contributed by atoms with van der Waals surface area (Å²) < 4.78 is 5.14. The number of halogens is 1. The molecule has 0 aromatic heterocycles. The largest absolute Gasteiger partial charge is 0.383 e. The molecule has 2 atom stereocenters. The van der Waals surface area contributed by atoms with Crippen LogP contribution in [0.2, 0.25) is 0 Å². The van der Waals surface area contributed by atoms with Crippen molar-refractivity contribution in [1.29, 1.82) is 0 Å². The summed E-state index contributed by atoms with van der Waals surface area (Å²) in [7, 11) is 1.70. The minimum absolute atomic E-state index is 0. The number of hydrogen-bond acceptors (Lipinski definition) is 3. The second-order valence-corrected chi connectivity index (χ2v) is 5.16. The van der Waals surface area contributed by atoms with Gasteiger partial charge < -0.3 is 15.0 Å². The molecule has 0 aromatic rings. The third kappa shape index (κ3) is 2.65. The molecule has 2 aliphatic rings. The van der Waals surface area contributed by atoms with Crippen molar-refractivity contribution in [1.82, 2.24) is 10.2 Å². The highest BCUT2D eigenvalue weighted by Crippen LogP contribution is 2.40. The van der Waals surface area contributed by atoms with Gasteiger partial charge in [0.05, 0.1) is 12.1 Å². The molecule has 0 unspecified atom stereocenters. The van der Waals surface area contributed by atoms with Crippen LogP contribution < -0.4 is 5.32 Å². The van der Waals surface area contributed by atoms with Gasteiger partial charge >= 0.3 is 0 Å². The first-order chi connectivity index (χ1) is 8.24. The topological polar surface area (TPSA) is 41.6 Å². The number of nitrogens with one attached hydrogen (secondary N) is 1. The summed E-state index contributed by atoms with van der Waals surface area (Å²) in [6.45, 7) is 4.69. The normalized spacial score (nSPS) is 31.8. The van der Waals surface area contributed by atoms with E-state index in [0.29, 0.717) is 25.0 Å². The van der Waals surface area contributed by atoms with Crippen LogP contribution in [0.1, 0.15) is 39.0 Å². The van der Waals surface area contributed by atoms with E-state index in [-0.39, 0.29) is 17.9 Å². The number of nitrogens with zero attached hydrogens (tertiary/aromatic N) is 1. The number of ether oxygens (including phenoxy) is 1. The smallest absolute Gasteiger partial charge is 0.223 e. The van der Waals surface area contributed by atoms with Gasteiger partial charge in [0, 0.05) is 26.1 Å². The molecule has 0 radical (unpaired) electrons. The number of carbonyl (C=O) groups excluding carboxylic acids is 1. The Morgan fingerprint density at radius 1 is 1.50 bits per heavy atom. The quantitative estimate of drug-likeness (QED) is 0.848. The molecule has 2 aliphatic heterocycles. The van der Waals surface area contributed by atoms with Gasteiger partial charge in [0.25, 0.3) is 0 Å². The molecule has 1 N–H and O–H groups in total. The number of rotatable bonds is 4. The summed E-state index contributed by atoms with van der Waals surface area (Å²) in [6.07, 6.45) is 5.14. The van der Waals surface area contributed by atoms with E-state index in [1.54, 1.807) is 7.11 Å². The van der Waals surface area contributed by atoms with Crippen LogP contribution in [0.4, 0.5) is 0 Å². The molecule has 0 aromatic carbocycles. The van der Waals surface area contributed by atoms with Crippen LogP contribution in [0.25, 0.3) is 0 Å². The van der Waals surface area contributed by atoms with Crippen molar-refractivity contribution in [3.8, 4) is 0 Å². The molecular weight excluding hydrogens is 252 g/mol. The minimum atomic E-state index is 0. The maximum atomic E-state index is 12.1. The van der Waals surface area contributed by atoms with E-state index in [0.717, 1.165) is 32.4 Å². The molecular formula is C13H25ClN2O2. The maximum Gasteiger partial charge on any atom is 0.223 e. The van der Waals surface area contributed by atoms with Crippen LogP contribution >= 0.6 is 12.4 Å². The van der Waals surface area contributed by atoms with Crippen LogP contribution in [-0.4, -0.2) is 49.2 Å². The van der Waals surface area contributed by atoms with E-state index in [1.807, 2.05) is 0 Å². The highest BCUT2D eigenvalue weighted by Gasteiger charge is 2.50. The van der Waals surface area contributed by atoms with Crippen molar-refractivity contribution in [3.63, 3.8) is 0 Å². The number of piperidine rings is 1. The molecule has 5 heteroatoms. The van der Waals surface area contributed by atoms with Gasteiger partial charge in [-0.15, -0.1) is 12.4 Å². The predicted molar refractivity (Wildman–Crippen MR) is 74.1 cm³/mol. The Morgan fingerprint density at radius 2 is 2.28 bits per heavy atom. The van der Waals surface area contributed by atoms with E-state index in [4.69, 9.17) is 4.74 Å². The first-order valence-electron chi connectivity index (χ1n) is 6.77. The van der Waals surface area contributed by atoms with E-state index < -0.39 is 0 Å². The van der Waals surface area contributed by atoms with Crippen molar-refractivity contribution in [2.45, 2.75) is 50.6 Å². The number of hydrogen-bond donors (Lipinski definition) is 1. The Kier molecular flexibility index (Phi) is 5.89. The third-order valence-corrected chi connectivity index (χ3v) is 4.36. The van der Waals surface area contributed by atoms with Crippen molar-refractivity contribution in [2.75, 3.05) is 26.8 Å². The van der Waals surface area contributed by atoms with Gasteiger partial charge in [-0.1, -0.05) is 6.92 Å². The van der Waals surface area contributed by atoms with Gasteiger partial charge in [-0.3, -0.25) is 4.79 Å². The monoisotopic (exact) mass is 276 g/mol. The van der Waals surface area contributed by atoms with Gasteiger partial charge in [-0.05, 0) is 32.2 Å². The van der Waals surface area contributed by atoms with E-state index >= 15 is 0 Å². The van der Waals surface area contributed by atoms with E-state index in [2.05, 4.69) is 17.1 Å². The molecule has 2 heterocycles. The van der Waals surface area contributed by atoms with Crippen molar-refractivity contribution in [2.24, 2.45) is 0 Å². The summed E-state index contributed by atoms with van der Waals surface area (Å²) in [5.41, 5.74) is 0.0720. The summed E-state index contributed by atoms with van der Waals surface area (Å²) in [6, 6.07) is 0.458. The van der Waals surface area contributed by atoms with Crippen LogP contribution in [0.15, 0.2) is 0 Å². The summed E-state index contributed by atoms with van der Waals surface area (Å²) >= 11 is 0. The van der Waals surface area contributed by atoms with Gasteiger partial charge in [0.15, 0.2) is 0 Å². The second kappa shape index (κ2) is 6.73. The summed E-state index contributed by atoms with van der Waals surface area (Å²) in [5, 5.41) is 3.59. The fourth-order valence-electron chi connectivity index (χ4n) is 3.55. The Hall–Kier alpha value is -0.320. The van der Waals surface area contributed by atoms with Crippen LogP contribution in [0, 0.1) is 0 Å². The van der Waals surface area contributed by atoms with Crippen LogP contribution in [0.3, 0.4) is 0 Å². The van der Waals surface area contributed by atoms with E-state index in [9.17, 15) is 4.79 Å². The maximum absolute atomic E-state index is 12.1. The van der Waals surface area contributed by atoms with Crippen molar-refractivity contribution < 1.29 is 9.53 Å². The summed E-state index contributed by atoms with van der Waals surface area (Å²) in [4.78, 5) is 14.2. The highest BCUT2D eigenvalue weighted by atomic mass is 35.5. The standard InChI is InChI=1S/C13H24N2O2.ClH/c1-3-11-13(6-4-8-14-11)7-5-12(16)15(13)9-10-17-2;/h11,14H,3-10H2,1-2H3;1H/t11-,13+;/m1./s1. The van der Waals surface area contributed by atoms with Gasteiger partial charge in [0.2, 0.25) is 5.91 Å². The zero-order valence-electron chi connectivity index (χ0n) is 11.4. The number of carbonyl (C=O) groups is 1. The fraction of sp³-hybridized carbons (Fsp3) is 0.923.